The summed E-state index contributed by atoms with van der Waals surface area (Å²) in [6.07, 6.45) is 3.09. The molecule has 0 unspecified atom stereocenters. The highest BCUT2D eigenvalue weighted by molar-refractivity contribution is 5.99. The summed E-state index contributed by atoms with van der Waals surface area (Å²) in [6, 6.07) is 17.2. The molecule has 0 amide bonds. The zero-order valence-corrected chi connectivity index (χ0v) is 21.8. The first-order chi connectivity index (χ1) is 19.0. The monoisotopic (exact) mass is 526 g/mol. The molecule has 3 aromatic heterocycles. The van der Waals surface area contributed by atoms with Crippen molar-refractivity contribution in [2.45, 2.75) is 19.9 Å². The quantitative estimate of drug-likeness (QED) is 0.130. The van der Waals surface area contributed by atoms with Gasteiger partial charge in [0.25, 0.3) is 0 Å². The van der Waals surface area contributed by atoms with Gasteiger partial charge in [-0.1, -0.05) is 37.3 Å². The van der Waals surface area contributed by atoms with Crippen LogP contribution in [0.1, 0.15) is 29.5 Å². The number of benzene rings is 2. The summed E-state index contributed by atoms with van der Waals surface area (Å²) >= 11 is 0. The largest absolute Gasteiger partial charge is 0.493 e. The number of furan rings is 1. The molecule has 2 aromatic carbocycles. The molecule has 0 saturated carbocycles. The van der Waals surface area contributed by atoms with E-state index in [1.807, 2.05) is 45.3 Å². The summed E-state index contributed by atoms with van der Waals surface area (Å²) in [5.41, 5.74) is 1.95. The number of aldehydes is 1. The first-order valence-electron chi connectivity index (χ1n) is 12.5. The van der Waals surface area contributed by atoms with E-state index in [2.05, 4.69) is 4.99 Å². The molecule has 0 aliphatic rings. The third-order valence-electron chi connectivity index (χ3n) is 5.83. The Bertz CT molecular complexity index is 1660. The normalized spacial score (nSPS) is 11.4. The Morgan fingerprint density at radius 3 is 2.62 bits per heavy atom. The number of halogens is 1. The van der Waals surface area contributed by atoms with Gasteiger partial charge in [-0.15, -0.1) is 0 Å². The molecular formula is C29H27FN6O3. The van der Waals surface area contributed by atoms with E-state index in [1.165, 1.54) is 6.07 Å². The molecule has 0 atom stereocenters. The van der Waals surface area contributed by atoms with Gasteiger partial charge in [0.2, 0.25) is 0 Å². The number of para-hydroxylation sites is 1. The summed E-state index contributed by atoms with van der Waals surface area (Å²) in [7, 11) is 3.70. The van der Waals surface area contributed by atoms with Gasteiger partial charge in [-0.25, -0.2) is 24.0 Å². The van der Waals surface area contributed by atoms with E-state index >= 15 is 0 Å². The van der Waals surface area contributed by atoms with Gasteiger partial charge >= 0.3 is 0 Å². The maximum atomic E-state index is 14.7. The maximum Gasteiger partial charge on any atom is 0.185 e. The number of hydrogen-bond donors (Lipinski definition) is 0. The zero-order valence-electron chi connectivity index (χ0n) is 21.8. The van der Waals surface area contributed by atoms with Crippen molar-refractivity contribution in [3.05, 3.63) is 77.8 Å². The Hall–Kier alpha value is -4.86. The van der Waals surface area contributed by atoms with Gasteiger partial charge in [-0.3, -0.25) is 4.79 Å². The third kappa shape index (κ3) is 5.40. The van der Waals surface area contributed by atoms with Gasteiger partial charge in [-0.2, -0.15) is 5.10 Å². The van der Waals surface area contributed by atoms with Crippen molar-refractivity contribution < 1.29 is 18.3 Å². The van der Waals surface area contributed by atoms with Crippen LogP contribution in [0.5, 0.6) is 5.75 Å². The van der Waals surface area contributed by atoms with Gasteiger partial charge < -0.3 is 14.1 Å². The van der Waals surface area contributed by atoms with Crippen LogP contribution in [0.15, 0.2) is 70.1 Å². The second-order valence-corrected chi connectivity index (χ2v) is 9.04. The highest BCUT2D eigenvalue weighted by Crippen LogP contribution is 2.37. The van der Waals surface area contributed by atoms with Crippen molar-refractivity contribution in [3.63, 3.8) is 0 Å². The number of aromatic nitrogens is 4. The number of nitrogens with zero attached hydrogens (tertiary/aromatic N) is 6. The molecule has 0 fully saturated rings. The minimum Gasteiger partial charge on any atom is -0.493 e. The zero-order chi connectivity index (χ0) is 27.4. The Morgan fingerprint density at radius 1 is 1.08 bits per heavy atom. The topological polar surface area (TPSA) is 98.6 Å². The lowest BCUT2D eigenvalue weighted by Crippen LogP contribution is -2.08. The molecule has 0 N–H and O–H groups in total. The number of carbonyl (C=O) groups is 1. The average Bonchev–Trinajstić information content (AvgIpc) is 3.57. The average molecular weight is 527 g/mol. The highest BCUT2D eigenvalue weighted by Gasteiger charge is 2.24. The van der Waals surface area contributed by atoms with E-state index in [0.717, 1.165) is 6.42 Å². The number of ether oxygens (including phenoxy) is 1. The van der Waals surface area contributed by atoms with Crippen LogP contribution in [0.25, 0.3) is 33.9 Å². The van der Waals surface area contributed by atoms with Crippen molar-refractivity contribution in [1.82, 2.24) is 24.6 Å². The van der Waals surface area contributed by atoms with E-state index in [1.54, 1.807) is 46.3 Å². The predicted molar refractivity (Wildman–Crippen MR) is 147 cm³/mol. The van der Waals surface area contributed by atoms with Crippen molar-refractivity contribution in [2.75, 3.05) is 20.7 Å². The summed E-state index contributed by atoms with van der Waals surface area (Å²) in [6.45, 7) is 2.68. The molecule has 9 nitrogen and oxygen atoms in total. The second-order valence-electron chi connectivity index (χ2n) is 9.04. The molecule has 0 bridgehead atoms. The van der Waals surface area contributed by atoms with Gasteiger partial charge in [0, 0.05) is 19.7 Å². The molecule has 10 heteroatoms. The van der Waals surface area contributed by atoms with Gasteiger partial charge in [0.15, 0.2) is 35.1 Å². The Morgan fingerprint density at radius 2 is 1.87 bits per heavy atom. The summed E-state index contributed by atoms with van der Waals surface area (Å²) < 4.78 is 28.0. The fourth-order valence-electron chi connectivity index (χ4n) is 4.04. The minimum atomic E-state index is -0.359. The van der Waals surface area contributed by atoms with Crippen LogP contribution in [-0.4, -0.2) is 58.0 Å². The van der Waals surface area contributed by atoms with E-state index in [9.17, 15) is 9.18 Å². The van der Waals surface area contributed by atoms with Gasteiger partial charge in [-0.05, 0) is 36.8 Å². The van der Waals surface area contributed by atoms with Crippen LogP contribution in [0, 0.1) is 5.82 Å². The van der Waals surface area contributed by atoms with Crippen LogP contribution >= 0.6 is 0 Å². The van der Waals surface area contributed by atoms with E-state index < -0.39 is 0 Å². The van der Waals surface area contributed by atoms with Crippen molar-refractivity contribution in [3.8, 4) is 28.6 Å². The van der Waals surface area contributed by atoms with Crippen LogP contribution in [0.4, 0.5) is 10.2 Å². The first kappa shape index (κ1) is 25.8. The van der Waals surface area contributed by atoms with Crippen LogP contribution < -0.4 is 4.74 Å². The molecule has 0 radical (unpaired) electrons. The third-order valence-corrected chi connectivity index (χ3v) is 5.83. The second kappa shape index (κ2) is 11.3. The van der Waals surface area contributed by atoms with Crippen LogP contribution in [0.2, 0.25) is 0 Å². The maximum absolute atomic E-state index is 14.7. The summed E-state index contributed by atoms with van der Waals surface area (Å²) in [5.74, 6) is 1.51. The molecule has 0 spiro atoms. The van der Waals surface area contributed by atoms with E-state index in [-0.39, 0.29) is 18.1 Å². The summed E-state index contributed by atoms with van der Waals surface area (Å²) in [4.78, 5) is 27.4. The SMILES string of the molecule is CCCOc1ccccc1-c1nc(/N=C\N(C)C)c2c(-c3ccc(C=O)o3)nn(Cc3ccccc3F)c2n1. The number of fused-ring (bicyclic) bond motifs is 1. The lowest BCUT2D eigenvalue weighted by Gasteiger charge is -2.11. The molecule has 0 aliphatic heterocycles. The molecule has 0 aliphatic carbocycles. The highest BCUT2D eigenvalue weighted by atomic mass is 19.1. The molecule has 5 aromatic rings. The van der Waals surface area contributed by atoms with E-state index in [0.29, 0.717) is 63.9 Å². The Labute approximate surface area is 224 Å². The van der Waals surface area contributed by atoms with E-state index in [4.69, 9.17) is 24.2 Å². The van der Waals surface area contributed by atoms with Crippen LogP contribution in [0.3, 0.4) is 0 Å². The molecule has 198 valence electrons. The molecule has 5 rings (SSSR count). The Kier molecular flexibility index (Phi) is 7.44. The van der Waals surface area contributed by atoms with Gasteiger partial charge in [0.1, 0.15) is 17.3 Å². The van der Waals surface area contributed by atoms with Gasteiger partial charge in [0.05, 0.1) is 30.4 Å². The number of aliphatic imine (C=N–C) groups is 1. The number of carbonyl (C=O) groups excluding carboxylic acids is 1. The fraction of sp³-hybridized carbons (Fsp3) is 0.207. The Balaban J connectivity index is 1.79. The molecular weight excluding hydrogens is 499 g/mol. The molecule has 0 saturated heterocycles. The van der Waals surface area contributed by atoms with Crippen LogP contribution in [-0.2, 0) is 6.54 Å². The smallest absolute Gasteiger partial charge is 0.185 e. The minimum absolute atomic E-state index is 0.103. The first-order valence-corrected chi connectivity index (χ1v) is 12.5. The van der Waals surface area contributed by atoms with Crippen molar-refractivity contribution >= 4 is 29.5 Å². The lowest BCUT2D eigenvalue weighted by molar-refractivity contribution is 0.110. The summed E-state index contributed by atoms with van der Waals surface area (Å²) in [5, 5.41) is 5.26. The van der Waals surface area contributed by atoms with Crippen molar-refractivity contribution in [1.29, 1.82) is 0 Å². The molecule has 3 heterocycles. The fourth-order valence-corrected chi connectivity index (χ4v) is 4.04. The lowest BCUT2D eigenvalue weighted by atomic mass is 10.1. The van der Waals surface area contributed by atoms with Crippen molar-refractivity contribution in [2.24, 2.45) is 4.99 Å². The predicted octanol–water partition coefficient (Wildman–Crippen LogP) is 5.76. The standard InChI is InChI=1S/C29H27FN6O3/c1-4-15-38-23-12-8-6-10-21(23)27-32-28(31-18-35(2)3)25-26(24-14-13-20(17-37)39-24)34-36(29(25)33-27)16-19-9-5-7-11-22(19)30/h5-14,17-18H,4,15-16H2,1-3H3/b31-18-. The number of hydrogen-bond acceptors (Lipinski definition) is 7. The number of rotatable bonds is 10. The molecule has 39 heavy (non-hydrogen) atoms.